The van der Waals surface area contributed by atoms with E-state index in [4.69, 9.17) is 14.5 Å². The zero-order valence-corrected chi connectivity index (χ0v) is 24.8. The Morgan fingerprint density at radius 3 is 2.64 bits per heavy atom. The smallest absolute Gasteiger partial charge is 0.220 e. The molecule has 0 aliphatic carbocycles. The Kier molecular flexibility index (Phi) is 9.53. The van der Waals surface area contributed by atoms with E-state index in [-0.39, 0.29) is 11.7 Å². The lowest BCUT2D eigenvalue weighted by molar-refractivity contribution is -0.121. The number of fused-ring (bicyclic) bond motifs is 3. The lowest BCUT2D eigenvalue weighted by Crippen LogP contribution is -2.25. The van der Waals surface area contributed by atoms with Gasteiger partial charge < -0.3 is 19.4 Å². The van der Waals surface area contributed by atoms with Crippen LogP contribution in [0.4, 0.5) is 4.39 Å². The molecule has 10 heteroatoms. The van der Waals surface area contributed by atoms with Gasteiger partial charge in [0.05, 0.1) is 26.3 Å². The van der Waals surface area contributed by atoms with Crippen LogP contribution in [0, 0.1) is 12.7 Å². The number of aromatic nitrogens is 4. The lowest BCUT2D eigenvalue weighted by Gasteiger charge is -2.10. The highest BCUT2D eigenvalue weighted by Crippen LogP contribution is 2.30. The maximum absolute atomic E-state index is 14.5. The first-order chi connectivity index (χ1) is 20.5. The van der Waals surface area contributed by atoms with Crippen LogP contribution in [0.2, 0.25) is 0 Å². The number of carbonyl (C=O) groups excluding carboxylic acids is 1. The van der Waals surface area contributed by atoms with Gasteiger partial charge in [-0.2, -0.15) is 0 Å². The SMILES string of the molecule is COc1ccc(CCNC(=O)CCCCSc2nnc3c4cc(C)ccc4n(Cc4ccccc4F)c3n2)cc1OC. The van der Waals surface area contributed by atoms with Gasteiger partial charge in [-0.15, -0.1) is 10.2 Å². The maximum atomic E-state index is 14.5. The van der Waals surface area contributed by atoms with Gasteiger partial charge in [-0.25, -0.2) is 9.37 Å². The third kappa shape index (κ3) is 6.82. The number of unbranched alkanes of at least 4 members (excludes halogenated alkanes) is 1. The fraction of sp³-hybridized carbons (Fsp3) is 0.312. The highest BCUT2D eigenvalue weighted by Gasteiger charge is 2.17. The summed E-state index contributed by atoms with van der Waals surface area (Å²) in [4.78, 5) is 17.2. The number of nitrogens with one attached hydrogen (secondary N) is 1. The standard InChI is InChI=1S/C32H34FN5O3S/c1-21-11-13-26-24(18-21)30-31(38(26)20-23-8-4-5-9-25(23)33)35-32(37-36-30)42-17-7-6-10-29(39)34-16-15-22-12-14-27(40-2)28(19-22)41-3/h4-5,8-9,11-14,18-19H,6-7,10,15-17,20H2,1-3H3,(H,34,39). The number of thioether (sulfide) groups is 1. The molecule has 2 aromatic heterocycles. The van der Waals surface area contributed by atoms with Crippen molar-refractivity contribution in [1.29, 1.82) is 0 Å². The third-order valence-electron chi connectivity index (χ3n) is 7.10. The van der Waals surface area contributed by atoms with Gasteiger partial charge >= 0.3 is 0 Å². The van der Waals surface area contributed by atoms with Crippen molar-refractivity contribution >= 4 is 39.7 Å². The summed E-state index contributed by atoms with van der Waals surface area (Å²) in [6.45, 7) is 2.94. The highest BCUT2D eigenvalue weighted by molar-refractivity contribution is 7.99. The Morgan fingerprint density at radius 2 is 1.83 bits per heavy atom. The average molecular weight is 588 g/mol. The van der Waals surface area contributed by atoms with Gasteiger partial charge in [0.25, 0.3) is 0 Å². The van der Waals surface area contributed by atoms with Crippen LogP contribution >= 0.6 is 11.8 Å². The van der Waals surface area contributed by atoms with Crippen molar-refractivity contribution in [2.24, 2.45) is 0 Å². The highest BCUT2D eigenvalue weighted by atomic mass is 32.2. The minimum absolute atomic E-state index is 0.0350. The van der Waals surface area contributed by atoms with E-state index in [1.807, 2.05) is 47.9 Å². The number of methoxy groups -OCH3 is 2. The summed E-state index contributed by atoms with van der Waals surface area (Å²) < 4.78 is 27.1. The van der Waals surface area contributed by atoms with Gasteiger partial charge in [-0.05, 0) is 62.1 Å². The summed E-state index contributed by atoms with van der Waals surface area (Å²) in [7, 11) is 3.22. The van der Waals surface area contributed by atoms with E-state index >= 15 is 0 Å². The second kappa shape index (κ2) is 13.7. The van der Waals surface area contributed by atoms with Crippen LogP contribution < -0.4 is 14.8 Å². The largest absolute Gasteiger partial charge is 0.493 e. The molecule has 0 aliphatic heterocycles. The van der Waals surface area contributed by atoms with Gasteiger partial charge in [-0.3, -0.25) is 4.79 Å². The molecule has 1 amide bonds. The Balaban J connectivity index is 1.15. The molecule has 0 spiro atoms. The number of rotatable bonds is 13. The van der Waals surface area contributed by atoms with E-state index in [0.29, 0.717) is 59.3 Å². The number of ether oxygens (including phenoxy) is 2. The monoisotopic (exact) mass is 587 g/mol. The van der Waals surface area contributed by atoms with Gasteiger partial charge in [-0.1, -0.05) is 47.7 Å². The summed E-state index contributed by atoms with van der Waals surface area (Å²) in [6.07, 6.45) is 2.77. The Bertz CT molecular complexity index is 1710. The van der Waals surface area contributed by atoms with E-state index in [0.717, 1.165) is 40.6 Å². The molecular formula is C32H34FN5O3S. The third-order valence-corrected chi connectivity index (χ3v) is 8.03. The molecule has 5 rings (SSSR count). The number of hydrogen-bond acceptors (Lipinski definition) is 7. The molecule has 218 valence electrons. The number of nitrogens with zero attached hydrogens (tertiary/aromatic N) is 4. The average Bonchev–Trinajstić information content (AvgIpc) is 3.29. The van der Waals surface area contributed by atoms with Crippen LogP contribution in [0.5, 0.6) is 11.5 Å². The molecule has 0 saturated heterocycles. The summed E-state index contributed by atoms with van der Waals surface area (Å²) in [5, 5.41) is 13.4. The van der Waals surface area contributed by atoms with E-state index in [2.05, 4.69) is 21.6 Å². The molecule has 42 heavy (non-hydrogen) atoms. The van der Waals surface area contributed by atoms with Crippen molar-refractivity contribution in [3.8, 4) is 11.5 Å². The van der Waals surface area contributed by atoms with E-state index in [1.165, 1.54) is 17.8 Å². The number of halogens is 1. The predicted octanol–water partition coefficient (Wildman–Crippen LogP) is 6.11. The molecule has 0 radical (unpaired) electrons. The van der Waals surface area contributed by atoms with Crippen molar-refractivity contribution in [1.82, 2.24) is 25.1 Å². The molecule has 0 bridgehead atoms. The summed E-state index contributed by atoms with van der Waals surface area (Å²) in [5.41, 5.74) is 5.10. The molecular weight excluding hydrogens is 553 g/mol. The quantitative estimate of drug-likeness (QED) is 0.131. The molecule has 0 atom stereocenters. The fourth-order valence-electron chi connectivity index (χ4n) is 4.89. The van der Waals surface area contributed by atoms with Crippen LogP contribution in [0.1, 0.15) is 36.0 Å². The number of hydrogen-bond donors (Lipinski definition) is 1. The summed E-state index contributed by atoms with van der Waals surface area (Å²) in [5.74, 6) is 1.91. The van der Waals surface area contributed by atoms with Crippen LogP contribution in [0.3, 0.4) is 0 Å². The molecule has 2 heterocycles. The molecule has 5 aromatic rings. The molecule has 0 aliphatic rings. The van der Waals surface area contributed by atoms with Crippen molar-refractivity contribution in [2.45, 2.75) is 44.3 Å². The molecule has 8 nitrogen and oxygen atoms in total. The minimum Gasteiger partial charge on any atom is -0.493 e. The minimum atomic E-state index is -0.249. The summed E-state index contributed by atoms with van der Waals surface area (Å²) >= 11 is 1.51. The lowest BCUT2D eigenvalue weighted by atomic mass is 10.1. The fourth-order valence-corrected chi connectivity index (χ4v) is 5.68. The predicted molar refractivity (Wildman–Crippen MR) is 164 cm³/mol. The maximum Gasteiger partial charge on any atom is 0.220 e. The first kappa shape index (κ1) is 29.3. The molecule has 0 fully saturated rings. The van der Waals surface area contributed by atoms with Crippen LogP contribution in [-0.4, -0.2) is 52.2 Å². The molecule has 3 aromatic carbocycles. The number of aryl methyl sites for hydroxylation is 1. The zero-order valence-electron chi connectivity index (χ0n) is 24.0. The Morgan fingerprint density at radius 1 is 1.00 bits per heavy atom. The normalized spacial score (nSPS) is 11.2. The van der Waals surface area contributed by atoms with Gasteiger partial charge in [0, 0.05) is 29.7 Å². The Labute approximate surface area is 248 Å². The van der Waals surface area contributed by atoms with Crippen LogP contribution in [-0.2, 0) is 17.8 Å². The number of amides is 1. The first-order valence-electron chi connectivity index (χ1n) is 13.9. The van der Waals surface area contributed by atoms with Gasteiger partial charge in [0.15, 0.2) is 17.1 Å². The molecule has 1 N–H and O–H groups in total. The molecule has 0 unspecified atom stereocenters. The summed E-state index contributed by atoms with van der Waals surface area (Å²) in [6, 6.07) is 18.7. The first-order valence-corrected chi connectivity index (χ1v) is 14.9. The molecule has 0 saturated carbocycles. The van der Waals surface area contributed by atoms with Crippen molar-refractivity contribution in [3.63, 3.8) is 0 Å². The van der Waals surface area contributed by atoms with E-state index in [1.54, 1.807) is 26.4 Å². The van der Waals surface area contributed by atoms with Gasteiger partial charge in [0.1, 0.15) is 11.3 Å². The number of benzene rings is 3. The van der Waals surface area contributed by atoms with Crippen molar-refractivity contribution in [3.05, 3.63) is 83.2 Å². The van der Waals surface area contributed by atoms with Crippen LogP contribution in [0.15, 0.2) is 65.8 Å². The van der Waals surface area contributed by atoms with Gasteiger partial charge in [0.2, 0.25) is 11.1 Å². The second-order valence-corrected chi connectivity index (χ2v) is 11.1. The topological polar surface area (TPSA) is 91.2 Å². The van der Waals surface area contributed by atoms with Crippen LogP contribution in [0.25, 0.3) is 22.1 Å². The van der Waals surface area contributed by atoms with E-state index < -0.39 is 0 Å². The second-order valence-electron chi connectivity index (χ2n) is 10.1. The van der Waals surface area contributed by atoms with Crippen molar-refractivity contribution in [2.75, 3.05) is 26.5 Å². The van der Waals surface area contributed by atoms with E-state index in [9.17, 15) is 9.18 Å². The number of carbonyl (C=O) groups is 1. The Hall–Kier alpha value is -4.18. The zero-order chi connectivity index (χ0) is 29.5. The van der Waals surface area contributed by atoms with Crippen molar-refractivity contribution < 1.29 is 18.7 Å².